The summed E-state index contributed by atoms with van der Waals surface area (Å²) in [6.07, 6.45) is -3.37. The SMILES string of the molecule is O[C@H]1[C@H](O)[C@@H](O)SC[C@H]1O. The predicted octanol–water partition coefficient (Wildman–Crippen LogP) is -1.87. The lowest BCUT2D eigenvalue weighted by Crippen LogP contribution is -2.48. The molecule has 0 aliphatic carbocycles. The number of hydrogen-bond donors (Lipinski definition) is 4. The fourth-order valence-electron chi connectivity index (χ4n) is 0.791. The van der Waals surface area contributed by atoms with Gasteiger partial charge in [0.1, 0.15) is 17.6 Å². The largest absolute Gasteiger partial charge is 0.389 e. The molecule has 60 valence electrons. The van der Waals surface area contributed by atoms with Crippen LogP contribution < -0.4 is 0 Å². The van der Waals surface area contributed by atoms with Gasteiger partial charge < -0.3 is 20.4 Å². The van der Waals surface area contributed by atoms with Gasteiger partial charge >= 0.3 is 0 Å². The predicted molar refractivity (Wildman–Crippen MR) is 36.5 cm³/mol. The zero-order valence-corrected chi connectivity index (χ0v) is 6.03. The minimum absolute atomic E-state index is 0.263. The lowest BCUT2D eigenvalue weighted by atomic mass is 10.1. The Hall–Kier alpha value is 0.190. The summed E-state index contributed by atoms with van der Waals surface area (Å²) >= 11 is 1.03. The average Bonchev–Trinajstić information content (AvgIpc) is 1.93. The van der Waals surface area contributed by atoms with Gasteiger partial charge in [-0.05, 0) is 0 Å². The summed E-state index contributed by atoms with van der Waals surface area (Å²) in [5.41, 5.74) is -0.974. The van der Waals surface area contributed by atoms with Gasteiger partial charge in [-0.1, -0.05) is 0 Å². The Balaban J connectivity index is 2.52. The number of aliphatic hydroxyl groups excluding tert-OH is 4. The molecule has 10 heavy (non-hydrogen) atoms. The van der Waals surface area contributed by atoms with E-state index >= 15 is 0 Å². The Kier molecular flexibility index (Phi) is 2.54. The van der Waals surface area contributed by atoms with E-state index in [0.717, 1.165) is 11.8 Å². The summed E-state index contributed by atoms with van der Waals surface area (Å²) in [6, 6.07) is 0. The van der Waals surface area contributed by atoms with Crippen LogP contribution in [0.4, 0.5) is 0 Å². The van der Waals surface area contributed by atoms with Gasteiger partial charge in [-0.25, -0.2) is 0 Å². The normalized spacial score (nSPS) is 49.2. The molecule has 5 heteroatoms. The second kappa shape index (κ2) is 3.06. The highest BCUT2D eigenvalue weighted by Gasteiger charge is 2.35. The minimum Gasteiger partial charge on any atom is -0.389 e. The summed E-state index contributed by atoms with van der Waals surface area (Å²) < 4.78 is 0. The van der Waals surface area contributed by atoms with Crippen LogP contribution in [-0.2, 0) is 0 Å². The first-order valence-electron chi connectivity index (χ1n) is 2.97. The maximum Gasteiger partial charge on any atom is 0.128 e. The number of hydrogen-bond acceptors (Lipinski definition) is 5. The van der Waals surface area contributed by atoms with E-state index in [2.05, 4.69) is 0 Å². The van der Waals surface area contributed by atoms with Crippen LogP contribution in [0.15, 0.2) is 0 Å². The summed E-state index contributed by atoms with van der Waals surface area (Å²) in [5, 5.41) is 35.7. The van der Waals surface area contributed by atoms with Gasteiger partial charge in [0.05, 0.1) is 6.10 Å². The van der Waals surface area contributed by atoms with Crippen LogP contribution >= 0.6 is 11.8 Å². The standard InChI is InChI=1S/C5H10O4S/c6-2-1-10-5(9)4(8)3(2)7/h2-9H,1H2/t2-,3-,4+,5+/m1/s1. The minimum atomic E-state index is -1.23. The lowest BCUT2D eigenvalue weighted by molar-refractivity contribution is -0.0834. The van der Waals surface area contributed by atoms with Crippen molar-refractivity contribution in [2.24, 2.45) is 0 Å². The van der Waals surface area contributed by atoms with Crippen molar-refractivity contribution in [3.63, 3.8) is 0 Å². The van der Waals surface area contributed by atoms with E-state index in [1.807, 2.05) is 0 Å². The molecule has 1 aliphatic rings. The fraction of sp³-hybridized carbons (Fsp3) is 1.00. The summed E-state index contributed by atoms with van der Waals surface area (Å²) in [6.45, 7) is 0. The van der Waals surface area contributed by atoms with Crippen molar-refractivity contribution in [3.05, 3.63) is 0 Å². The zero-order valence-electron chi connectivity index (χ0n) is 5.21. The molecule has 0 saturated carbocycles. The van der Waals surface area contributed by atoms with Gasteiger partial charge in [-0.3, -0.25) is 0 Å². The van der Waals surface area contributed by atoms with E-state index in [1.165, 1.54) is 0 Å². The monoisotopic (exact) mass is 166 g/mol. The Labute approximate surface area is 62.5 Å². The fourth-order valence-corrected chi connectivity index (χ4v) is 1.74. The first-order valence-corrected chi connectivity index (χ1v) is 4.01. The molecule has 0 amide bonds. The van der Waals surface area contributed by atoms with E-state index < -0.39 is 23.7 Å². The number of aliphatic hydroxyl groups is 4. The molecule has 4 nitrogen and oxygen atoms in total. The van der Waals surface area contributed by atoms with Crippen molar-refractivity contribution in [2.45, 2.75) is 23.7 Å². The summed E-state index contributed by atoms with van der Waals surface area (Å²) in [5.74, 6) is 0.263. The van der Waals surface area contributed by atoms with Gasteiger partial charge in [0, 0.05) is 5.75 Å². The van der Waals surface area contributed by atoms with Crippen LogP contribution in [0.25, 0.3) is 0 Å². The molecule has 0 aromatic heterocycles. The quantitative estimate of drug-likeness (QED) is 0.339. The molecule has 1 fully saturated rings. The van der Waals surface area contributed by atoms with Gasteiger partial charge in [0.25, 0.3) is 0 Å². The highest BCUT2D eigenvalue weighted by molar-refractivity contribution is 7.99. The van der Waals surface area contributed by atoms with Crippen molar-refractivity contribution >= 4 is 11.8 Å². The molecule has 1 rings (SSSR count). The molecule has 0 bridgehead atoms. The van der Waals surface area contributed by atoms with E-state index in [9.17, 15) is 0 Å². The van der Waals surface area contributed by atoms with Gasteiger partial charge in [0.2, 0.25) is 0 Å². The van der Waals surface area contributed by atoms with Crippen LogP contribution in [0, 0.1) is 0 Å². The Morgan fingerprint density at radius 3 is 2.10 bits per heavy atom. The topological polar surface area (TPSA) is 80.9 Å². The molecule has 0 aromatic rings. The van der Waals surface area contributed by atoms with Crippen LogP contribution in [0.3, 0.4) is 0 Å². The van der Waals surface area contributed by atoms with Gasteiger partial charge in [-0.15, -0.1) is 11.8 Å². The highest BCUT2D eigenvalue weighted by Crippen LogP contribution is 2.23. The van der Waals surface area contributed by atoms with Crippen LogP contribution in [-0.4, -0.2) is 49.9 Å². The molecule has 4 N–H and O–H groups in total. The number of thioether (sulfide) groups is 1. The van der Waals surface area contributed by atoms with Crippen molar-refractivity contribution in [3.8, 4) is 0 Å². The maximum atomic E-state index is 8.94. The van der Waals surface area contributed by atoms with Crippen molar-refractivity contribution in [2.75, 3.05) is 5.75 Å². The molecule has 0 spiro atoms. The molecule has 1 heterocycles. The molecule has 0 aromatic carbocycles. The van der Waals surface area contributed by atoms with E-state index in [-0.39, 0.29) is 5.75 Å². The van der Waals surface area contributed by atoms with E-state index in [0.29, 0.717) is 0 Å². The van der Waals surface area contributed by atoms with Crippen LogP contribution in [0.2, 0.25) is 0 Å². The van der Waals surface area contributed by atoms with Crippen molar-refractivity contribution in [1.29, 1.82) is 0 Å². The maximum absolute atomic E-state index is 8.94. The molecular weight excluding hydrogens is 156 g/mol. The molecule has 0 radical (unpaired) electrons. The highest BCUT2D eigenvalue weighted by atomic mass is 32.2. The second-order valence-electron chi connectivity index (χ2n) is 2.27. The van der Waals surface area contributed by atoms with E-state index in [4.69, 9.17) is 20.4 Å². The average molecular weight is 166 g/mol. The van der Waals surface area contributed by atoms with Crippen LogP contribution in [0.5, 0.6) is 0 Å². The van der Waals surface area contributed by atoms with Gasteiger partial charge in [0.15, 0.2) is 0 Å². The molecule has 1 saturated heterocycles. The third kappa shape index (κ3) is 1.43. The second-order valence-corrected chi connectivity index (χ2v) is 3.42. The Bertz CT molecular complexity index is 106. The number of rotatable bonds is 0. The third-order valence-corrected chi connectivity index (χ3v) is 2.63. The third-order valence-electron chi connectivity index (χ3n) is 1.47. The zero-order chi connectivity index (χ0) is 7.72. The summed E-state index contributed by atoms with van der Waals surface area (Å²) in [4.78, 5) is 0. The Morgan fingerprint density at radius 1 is 1.00 bits per heavy atom. The van der Waals surface area contributed by atoms with Crippen LogP contribution in [0.1, 0.15) is 0 Å². The summed E-state index contributed by atoms with van der Waals surface area (Å²) in [7, 11) is 0. The Morgan fingerprint density at radius 2 is 1.60 bits per heavy atom. The van der Waals surface area contributed by atoms with E-state index in [1.54, 1.807) is 0 Å². The first-order chi connectivity index (χ1) is 4.63. The van der Waals surface area contributed by atoms with Gasteiger partial charge in [-0.2, -0.15) is 0 Å². The molecule has 0 unspecified atom stereocenters. The smallest absolute Gasteiger partial charge is 0.128 e. The first kappa shape index (κ1) is 8.29. The van der Waals surface area contributed by atoms with Crippen molar-refractivity contribution in [1.82, 2.24) is 0 Å². The van der Waals surface area contributed by atoms with Crippen molar-refractivity contribution < 1.29 is 20.4 Å². The molecule has 1 aliphatic heterocycles. The molecular formula is C5H10O4S. The lowest BCUT2D eigenvalue weighted by Gasteiger charge is -2.31. The molecule has 4 atom stereocenters.